The van der Waals surface area contributed by atoms with Crippen molar-refractivity contribution in [1.29, 1.82) is 0 Å². The molecule has 4 saturated carbocycles. The maximum atomic E-state index is 12.0. The van der Waals surface area contributed by atoms with Crippen molar-refractivity contribution in [3.05, 3.63) is 0 Å². The van der Waals surface area contributed by atoms with Gasteiger partial charge in [0, 0.05) is 12.8 Å². The topological polar surface area (TPSA) is 37.3 Å². The van der Waals surface area contributed by atoms with E-state index in [2.05, 4.69) is 13.8 Å². The van der Waals surface area contributed by atoms with Crippen molar-refractivity contribution in [2.24, 2.45) is 40.4 Å². The molecule has 1 N–H and O–H groups in total. The van der Waals surface area contributed by atoms with Gasteiger partial charge in [0.15, 0.2) is 0 Å². The van der Waals surface area contributed by atoms with Crippen molar-refractivity contribution in [3.63, 3.8) is 0 Å². The third-order valence-corrected chi connectivity index (χ3v) is 9.33. The van der Waals surface area contributed by atoms with Crippen LogP contribution in [0.15, 0.2) is 0 Å². The van der Waals surface area contributed by atoms with Gasteiger partial charge in [-0.3, -0.25) is 4.79 Å². The minimum absolute atomic E-state index is 0.326. The van der Waals surface area contributed by atoms with Crippen LogP contribution in [-0.4, -0.2) is 16.5 Å². The van der Waals surface area contributed by atoms with Crippen LogP contribution in [0.2, 0.25) is 0 Å². The number of carbonyl (C=O) groups is 1. The van der Waals surface area contributed by atoms with Crippen LogP contribution in [-0.2, 0) is 4.79 Å². The molecule has 2 heteroatoms. The van der Waals surface area contributed by atoms with Gasteiger partial charge in [0.1, 0.15) is 5.78 Å². The van der Waals surface area contributed by atoms with E-state index in [1.54, 1.807) is 0 Å². The van der Waals surface area contributed by atoms with E-state index < -0.39 is 5.60 Å². The molecular weight excluding hydrogens is 296 g/mol. The largest absolute Gasteiger partial charge is 0.390 e. The molecule has 0 amide bonds. The Bertz CT molecular complexity index is 533. The van der Waals surface area contributed by atoms with E-state index in [1.807, 2.05) is 13.8 Å². The van der Waals surface area contributed by atoms with Gasteiger partial charge in [-0.2, -0.15) is 0 Å². The second-order valence-corrected chi connectivity index (χ2v) is 10.7. The molecule has 24 heavy (non-hydrogen) atoms. The Morgan fingerprint density at radius 3 is 2.38 bits per heavy atom. The number of aliphatic hydroxyl groups is 1. The second-order valence-electron chi connectivity index (χ2n) is 10.7. The number of hydrogen-bond donors (Lipinski definition) is 1. The first-order valence-corrected chi connectivity index (χ1v) is 10.4. The summed E-state index contributed by atoms with van der Waals surface area (Å²) in [5, 5.41) is 10.7. The Morgan fingerprint density at radius 1 is 0.958 bits per heavy atom. The molecule has 0 aromatic heterocycles. The zero-order chi connectivity index (χ0) is 17.3. The Labute approximate surface area is 147 Å². The molecular formula is C22H36O2. The molecule has 0 aromatic carbocycles. The van der Waals surface area contributed by atoms with Gasteiger partial charge in [-0.05, 0) is 99.2 Å². The number of fused-ring (bicyclic) bond motifs is 5. The lowest BCUT2D eigenvalue weighted by Crippen LogP contribution is -2.54. The lowest BCUT2D eigenvalue weighted by molar-refractivity contribution is -0.145. The Morgan fingerprint density at radius 2 is 1.67 bits per heavy atom. The third-order valence-electron chi connectivity index (χ3n) is 9.33. The van der Waals surface area contributed by atoms with Gasteiger partial charge in [0.05, 0.1) is 5.60 Å². The number of ketones is 1. The van der Waals surface area contributed by atoms with E-state index in [0.717, 1.165) is 37.0 Å². The monoisotopic (exact) mass is 332 g/mol. The van der Waals surface area contributed by atoms with E-state index in [1.165, 1.54) is 38.5 Å². The fourth-order valence-electron chi connectivity index (χ4n) is 8.21. The molecule has 3 unspecified atom stereocenters. The summed E-state index contributed by atoms with van der Waals surface area (Å²) in [6.07, 6.45) is 10.5. The van der Waals surface area contributed by atoms with Crippen LogP contribution < -0.4 is 0 Å². The predicted molar refractivity (Wildman–Crippen MR) is 96.5 cm³/mol. The van der Waals surface area contributed by atoms with E-state index >= 15 is 0 Å². The lowest BCUT2D eigenvalue weighted by atomic mass is 9.44. The van der Waals surface area contributed by atoms with Gasteiger partial charge in [0.2, 0.25) is 0 Å². The van der Waals surface area contributed by atoms with Crippen LogP contribution in [0.5, 0.6) is 0 Å². The van der Waals surface area contributed by atoms with Crippen LogP contribution in [0.4, 0.5) is 0 Å². The van der Waals surface area contributed by atoms with E-state index in [4.69, 9.17) is 0 Å². The smallest absolute Gasteiger partial charge is 0.133 e. The summed E-state index contributed by atoms with van der Waals surface area (Å²) in [7, 11) is 0. The van der Waals surface area contributed by atoms with Crippen LogP contribution in [0.1, 0.15) is 85.5 Å². The number of rotatable bonds is 1. The highest BCUT2D eigenvalue weighted by Gasteiger charge is 2.61. The number of Topliss-reactive ketones (excluding diaryl/α,β-unsaturated/α-hetero) is 1. The van der Waals surface area contributed by atoms with Crippen molar-refractivity contribution < 1.29 is 9.90 Å². The molecule has 0 saturated heterocycles. The predicted octanol–water partition coefficient (Wildman–Crippen LogP) is 4.99. The molecule has 136 valence electrons. The molecule has 0 aliphatic heterocycles. The van der Waals surface area contributed by atoms with E-state index in [9.17, 15) is 9.90 Å². The Balaban J connectivity index is 1.62. The minimum Gasteiger partial charge on any atom is -0.390 e. The van der Waals surface area contributed by atoms with Crippen LogP contribution in [0.25, 0.3) is 0 Å². The molecule has 2 nitrogen and oxygen atoms in total. The molecule has 4 aliphatic carbocycles. The third kappa shape index (κ3) is 2.27. The maximum Gasteiger partial charge on any atom is 0.133 e. The van der Waals surface area contributed by atoms with Crippen molar-refractivity contribution in [3.8, 4) is 0 Å². The van der Waals surface area contributed by atoms with Gasteiger partial charge < -0.3 is 5.11 Å². The molecule has 0 heterocycles. The Hall–Kier alpha value is -0.370. The van der Waals surface area contributed by atoms with Crippen LogP contribution in [0.3, 0.4) is 0 Å². The van der Waals surface area contributed by atoms with E-state index in [-0.39, 0.29) is 0 Å². The van der Waals surface area contributed by atoms with Gasteiger partial charge in [-0.1, -0.05) is 13.8 Å². The SMILES string of the molecule is CC(C)(O)[C@H]1CCC2C3CC[C@H]4CC(=O)CC[C@]4(C)C3CC[C@@]21C. The van der Waals surface area contributed by atoms with Crippen molar-refractivity contribution >= 4 is 5.78 Å². The number of hydrogen-bond acceptors (Lipinski definition) is 2. The zero-order valence-electron chi connectivity index (χ0n) is 16.1. The fraction of sp³-hybridized carbons (Fsp3) is 0.955. The quantitative estimate of drug-likeness (QED) is 0.735. The first kappa shape index (κ1) is 17.1. The van der Waals surface area contributed by atoms with E-state index in [0.29, 0.717) is 28.4 Å². The average Bonchev–Trinajstić information content (AvgIpc) is 2.85. The second kappa shape index (κ2) is 5.32. The highest BCUT2D eigenvalue weighted by atomic mass is 16.3. The lowest BCUT2D eigenvalue weighted by Gasteiger charge is -2.60. The summed E-state index contributed by atoms with van der Waals surface area (Å²) in [5.74, 6) is 4.07. The highest BCUT2D eigenvalue weighted by Crippen LogP contribution is 2.68. The standard InChI is InChI=1S/C22H36O2/c1-20(2,24)19-8-7-17-16-6-5-14-13-15(23)9-11-21(14,3)18(16)10-12-22(17,19)4/h14,16-19,24H,5-13H2,1-4H3/t14-,16?,17?,18?,19+,21-,22-/m0/s1. The summed E-state index contributed by atoms with van der Waals surface area (Å²) in [4.78, 5) is 12.0. The highest BCUT2D eigenvalue weighted by molar-refractivity contribution is 5.79. The van der Waals surface area contributed by atoms with Crippen molar-refractivity contribution in [2.45, 2.75) is 91.1 Å². The molecule has 4 rings (SSSR count). The molecule has 4 fully saturated rings. The maximum absolute atomic E-state index is 12.0. The Kier molecular flexibility index (Phi) is 3.78. The van der Waals surface area contributed by atoms with Gasteiger partial charge >= 0.3 is 0 Å². The summed E-state index contributed by atoms with van der Waals surface area (Å²) in [6.45, 7) is 9.07. The molecule has 7 atom stereocenters. The first-order chi connectivity index (χ1) is 11.2. The summed E-state index contributed by atoms with van der Waals surface area (Å²) >= 11 is 0. The van der Waals surface area contributed by atoms with Crippen LogP contribution in [0, 0.1) is 40.4 Å². The fourth-order valence-corrected chi connectivity index (χ4v) is 8.21. The first-order valence-electron chi connectivity index (χ1n) is 10.4. The van der Waals surface area contributed by atoms with Gasteiger partial charge in [-0.25, -0.2) is 0 Å². The molecule has 4 aliphatic rings. The summed E-state index contributed by atoms with van der Waals surface area (Å²) < 4.78 is 0. The molecule has 0 aromatic rings. The van der Waals surface area contributed by atoms with Crippen molar-refractivity contribution in [2.75, 3.05) is 0 Å². The summed E-state index contributed by atoms with van der Waals surface area (Å²) in [6, 6.07) is 0. The normalized spacial score (nSPS) is 51.7. The molecule has 0 spiro atoms. The van der Waals surface area contributed by atoms with Gasteiger partial charge in [0.25, 0.3) is 0 Å². The molecule has 0 bridgehead atoms. The number of carbonyl (C=O) groups excluding carboxylic acids is 1. The van der Waals surface area contributed by atoms with Crippen LogP contribution >= 0.6 is 0 Å². The van der Waals surface area contributed by atoms with Crippen molar-refractivity contribution in [1.82, 2.24) is 0 Å². The average molecular weight is 333 g/mol. The summed E-state index contributed by atoms with van der Waals surface area (Å²) in [5.41, 5.74) is 0.187. The zero-order valence-corrected chi connectivity index (χ0v) is 16.1. The minimum atomic E-state index is -0.547. The molecule has 0 radical (unpaired) electrons. The van der Waals surface area contributed by atoms with Gasteiger partial charge in [-0.15, -0.1) is 0 Å².